The number of hydrogen-bond donors (Lipinski definition) is 4. The predicted molar refractivity (Wildman–Crippen MR) is 215 cm³/mol. The summed E-state index contributed by atoms with van der Waals surface area (Å²) >= 11 is 0. The highest BCUT2D eigenvalue weighted by Crippen LogP contribution is 2.32. The highest BCUT2D eigenvalue weighted by atomic mass is 16.6. The number of methoxy groups -OCH3 is 1. The van der Waals surface area contributed by atoms with Crippen molar-refractivity contribution in [2.45, 2.75) is 69.4 Å². The van der Waals surface area contributed by atoms with E-state index in [1.807, 2.05) is 78.9 Å². The van der Waals surface area contributed by atoms with E-state index >= 15 is 0 Å². The first-order valence-corrected chi connectivity index (χ1v) is 20.0. The fourth-order valence-electron chi connectivity index (χ4n) is 7.17. The van der Waals surface area contributed by atoms with Crippen LogP contribution in [-0.2, 0) is 47.7 Å². The van der Waals surface area contributed by atoms with Crippen LogP contribution >= 0.6 is 0 Å². The molecule has 3 aromatic carbocycles. The maximum absolute atomic E-state index is 14.2. The normalized spacial score (nSPS) is 18.6. The van der Waals surface area contributed by atoms with E-state index < -0.39 is 41.9 Å². The van der Waals surface area contributed by atoms with Crippen LogP contribution in [0.15, 0.2) is 78.9 Å². The Hall–Kier alpha value is -4.08. The molecule has 2 aliphatic rings. The molecule has 0 spiro atoms. The van der Waals surface area contributed by atoms with Gasteiger partial charge in [-0.15, -0.1) is 0 Å². The number of morpholine rings is 1. The zero-order valence-corrected chi connectivity index (χ0v) is 33.6. The lowest BCUT2D eigenvalue weighted by Crippen LogP contribution is -2.49. The highest BCUT2D eigenvalue weighted by molar-refractivity contribution is 5.80. The molecule has 0 unspecified atom stereocenters. The smallest absolute Gasteiger partial charge is 0.408 e. The number of carbonyl (C=O) groups excluding carboxylic acids is 2. The molecule has 2 amide bonds. The van der Waals surface area contributed by atoms with Gasteiger partial charge in [0.25, 0.3) is 0 Å². The van der Waals surface area contributed by atoms with Gasteiger partial charge in [-0.25, -0.2) is 4.79 Å². The van der Waals surface area contributed by atoms with Crippen LogP contribution in [0.3, 0.4) is 0 Å². The Morgan fingerprint density at radius 1 is 0.877 bits per heavy atom. The quantitative estimate of drug-likeness (QED) is 0.103. The molecule has 13 heteroatoms. The Kier molecular flexibility index (Phi) is 17.6. The molecule has 312 valence electrons. The Morgan fingerprint density at radius 3 is 2.32 bits per heavy atom. The molecule has 4 N–H and O–H groups in total. The fourth-order valence-corrected chi connectivity index (χ4v) is 7.17. The largest absolute Gasteiger partial charge is 0.492 e. The van der Waals surface area contributed by atoms with E-state index in [2.05, 4.69) is 15.5 Å². The maximum atomic E-state index is 14.2. The Bertz CT molecular complexity index is 1640. The van der Waals surface area contributed by atoms with Crippen LogP contribution in [0.25, 0.3) is 0 Å². The van der Waals surface area contributed by atoms with Gasteiger partial charge in [0.1, 0.15) is 18.0 Å². The Morgan fingerprint density at radius 2 is 1.56 bits per heavy atom. The van der Waals surface area contributed by atoms with E-state index in [1.54, 1.807) is 21.0 Å². The molecule has 1 aliphatic heterocycles. The van der Waals surface area contributed by atoms with Crippen molar-refractivity contribution < 1.29 is 48.2 Å². The molecule has 57 heavy (non-hydrogen) atoms. The number of hydrogen-bond acceptors (Lipinski definition) is 11. The lowest BCUT2D eigenvalue weighted by Gasteiger charge is -2.30. The Balaban J connectivity index is 1.26. The molecule has 5 atom stereocenters. The fraction of sp³-hybridized carbons (Fsp3) is 0.545. The van der Waals surface area contributed by atoms with E-state index in [4.69, 9.17) is 28.4 Å². The highest BCUT2D eigenvalue weighted by Gasteiger charge is 2.36. The topological polar surface area (TPSA) is 157 Å². The number of aliphatic hydroxyl groups is 2. The van der Waals surface area contributed by atoms with Gasteiger partial charge in [0, 0.05) is 39.1 Å². The molecule has 1 saturated heterocycles. The average molecular weight is 792 g/mol. The summed E-state index contributed by atoms with van der Waals surface area (Å²) in [7, 11) is 1.61. The van der Waals surface area contributed by atoms with Gasteiger partial charge in [0.15, 0.2) is 0 Å². The van der Waals surface area contributed by atoms with Gasteiger partial charge in [0.2, 0.25) is 5.91 Å². The van der Waals surface area contributed by atoms with Crippen LogP contribution in [-0.4, -0.2) is 131 Å². The summed E-state index contributed by atoms with van der Waals surface area (Å²) in [6.45, 7) is 9.90. The SMILES string of the molecule is COCCOCCOCC(C)(C)OC(=O)N[C@@H](Cc1ccccc1)[C@@H](O)C[C@@H](Cc1ccc(OCCN2CCOCC2)cc1)C(=O)N[C@H]1c2ccccc2C[C@H]1O. The predicted octanol–water partition coefficient (Wildman–Crippen LogP) is 3.88. The first kappa shape index (κ1) is 44.0. The summed E-state index contributed by atoms with van der Waals surface area (Å²) in [6, 6.07) is 23.5. The lowest BCUT2D eigenvalue weighted by atomic mass is 9.88. The molecule has 0 aromatic heterocycles. The van der Waals surface area contributed by atoms with Crippen molar-refractivity contribution in [3.63, 3.8) is 0 Å². The van der Waals surface area contributed by atoms with Gasteiger partial charge in [-0.3, -0.25) is 9.69 Å². The van der Waals surface area contributed by atoms with Crippen molar-refractivity contribution >= 4 is 12.0 Å². The molecule has 3 aromatic rings. The minimum absolute atomic E-state index is 0.0292. The van der Waals surface area contributed by atoms with E-state index in [-0.39, 0.29) is 18.9 Å². The first-order chi connectivity index (χ1) is 27.6. The van der Waals surface area contributed by atoms with Crippen molar-refractivity contribution in [2.24, 2.45) is 5.92 Å². The zero-order chi connectivity index (χ0) is 40.5. The van der Waals surface area contributed by atoms with Gasteiger partial charge in [0.05, 0.1) is 70.5 Å². The van der Waals surface area contributed by atoms with Crippen LogP contribution in [0.5, 0.6) is 5.75 Å². The molecule has 13 nitrogen and oxygen atoms in total. The molecular weight excluding hydrogens is 730 g/mol. The lowest BCUT2D eigenvalue weighted by molar-refractivity contribution is -0.127. The van der Waals surface area contributed by atoms with Crippen LogP contribution in [0.1, 0.15) is 48.6 Å². The summed E-state index contributed by atoms with van der Waals surface area (Å²) in [4.78, 5) is 29.9. The van der Waals surface area contributed by atoms with Gasteiger partial charge >= 0.3 is 6.09 Å². The molecule has 5 rings (SSSR count). The zero-order valence-electron chi connectivity index (χ0n) is 33.6. The molecule has 0 bridgehead atoms. The standard InChI is InChI=1S/C44H61N3O10/c1-44(2,31-55-26-25-54-24-23-52-3)57-43(51)45-38(28-32-9-5-4-6-10-32)39(48)30-35(42(50)46-41-37-12-8-7-11-34(37)29-40(41)49)27-33-13-15-36(16-14-33)56-22-19-47-17-20-53-21-18-47/h4-16,35,38-41,48-49H,17-31H2,1-3H3,(H,45,51)(H,46,50)/t35-,38+,39+,40-,41+/m1/s1. The number of aliphatic hydroxyl groups excluding tert-OH is 2. The first-order valence-electron chi connectivity index (χ1n) is 20.0. The summed E-state index contributed by atoms with van der Waals surface area (Å²) in [5.41, 5.74) is 2.68. The van der Waals surface area contributed by atoms with Crippen molar-refractivity contribution in [1.82, 2.24) is 15.5 Å². The van der Waals surface area contributed by atoms with Crippen LogP contribution in [0.2, 0.25) is 0 Å². The maximum Gasteiger partial charge on any atom is 0.408 e. The van der Waals surface area contributed by atoms with Crippen LogP contribution in [0, 0.1) is 5.92 Å². The monoisotopic (exact) mass is 791 g/mol. The Labute approximate surface area is 336 Å². The molecule has 1 aliphatic carbocycles. The van der Waals surface area contributed by atoms with Crippen molar-refractivity contribution in [2.75, 3.05) is 79.6 Å². The van der Waals surface area contributed by atoms with Gasteiger partial charge < -0.3 is 49.3 Å². The van der Waals surface area contributed by atoms with E-state index in [9.17, 15) is 19.8 Å². The van der Waals surface area contributed by atoms with E-state index in [0.29, 0.717) is 52.3 Å². The van der Waals surface area contributed by atoms with Crippen molar-refractivity contribution in [3.8, 4) is 5.75 Å². The number of fused-ring (bicyclic) bond motifs is 1. The number of nitrogens with one attached hydrogen (secondary N) is 2. The van der Waals surface area contributed by atoms with Gasteiger partial charge in [-0.1, -0.05) is 66.7 Å². The molecule has 1 heterocycles. The second kappa shape index (κ2) is 22.8. The number of benzene rings is 3. The number of alkyl carbamates (subject to hydrolysis) is 1. The average Bonchev–Trinajstić information content (AvgIpc) is 3.52. The molecule has 0 radical (unpaired) electrons. The number of nitrogens with zero attached hydrogens (tertiary/aromatic N) is 1. The third kappa shape index (κ3) is 14.7. The second-order valence-electron chi connectivity index (χ2n) is 15.4. The van der Waals surface area contributed by atoms with Gasteiger partial charge in [-0.05, 0) is 67.5 Å². The van der Waals surface area contributed by atoms with E-state index in [1.165, 1.54) is 0 Å². The minimum Gasteiger partial charge on any atom is -0.492 e. The van der Waals surface area contributed by atoms with E-state index in [0.717, 1.165) is 60.9 Å². The molecule has 1 fully saturated rings. The number of ether oxygens (including phenoxy) is 6. The van der Waals surface area contributed by atoms with Gasteiger partial charge in [-0.2, -0.15) is 0 Å². The second-order valence-corrected chi connectivity index (χ2v) is 15.4. The van der Waals surface area contributed by atoms with Crippen LogP contribution in [0.4, 0.5) is 4.79 Å². The third-order valence-corrected chi connectivity index (χ3v) is 10.3. The molecule has 0 saturated carbocycles. The summed E-state index contributed by atoms with van der Waals surface area (Å²) < 4.78 is 33.4. The summed E-state index contributed by atoms with van der Waals surface area (Å²) in [6.07, 6.45) is -1.55. The third-order valence-electron chi connectivity index (χ3n) is 10.3. The van der Waals surface area contributed by atoms with Crippen molar-refractivity contribution in [1.29, 1.82) is 0 Å². The summed E-state index contributed by atoms with van der Waals surface area (Å²) in [5.74, 6) is -0.278. The number of rotatable bonds is 23. The minimum atomic E-state index is -1.14. The number of carbonyl (C=O) groups is 2. The van der Waals surface area contributed by atoms with Crippen molar-refractivity contribution in [3.05, 3.63) is 101 Å². The van der Waals surface area contributed by atoms with Crippen LogP contribution < -0.4 is 15.4 Å². The number of amides is 2. The molecular formula is C44H61N3O10. The summed E-state index contributed by atoms with van der Waals surface area (Å²) in [5, 5.41) is 28.9.